The molecule has 0 radical (unpaired) electrons. The van der Waals surface area contributed by atoms with Gasteiger partial charge >= 0.3 is 0 Å². The van der Waals surface area contributed by atoms with E-state index in [0.717, 1.165) is 18.4 Å². The SMILES string of the molecule is NS(=O)(=O)CCCNC(=O)C1(c2ccccc2)CC1. The molecule has 1 aliphatic carbocycles. The molecule has 19 heavy (non-hydrogen) atoms. The molecule has 3 N–H and O–H groups in total. The van der Waals surface area contributed by atoms with E-state index in [1.807, 2.05) is 30.3 Å². The number of hydrogen-bond acceptors (Lipinski definition) is 3. The summed E-state index contributed by atoms with van der Waals surface area (Å²) in [6, 6.07) is 9.67. The Morgan fingerprint density at radius 1 is 1.26 bits per heavy atom. The van der Waals surface area contributed by atoms with Crippen LogP contribution < -0.4 is 10.5 Å². The number of nitrogens with one attached hydrogen (secondary N) is 1. The van der Waals surface area contributed by atoms with E-state index in [9.17, 15) is 13.2 Å². The summed E-state index contributed by atoms with van der Waals surface area (Å²) >= 11 is 0. The maximum atomic E-state index is 12.2. The van der Waals surface area contributed by atoms with Crippen LogP contribution in [-0.2, 0) is 20.2 Å². The molecular formula is C13H18N2O3S. The molecule has 104 valence electrons. The van der Waals surface area contributed by atoms with E-state index < -0.39 is 15.4 Å². The Hall–Kier alpha value is -1.40. The number of amides is 1. The molecule has 5 nitrogen and oxygen atoms in total. The largest absolute Gasteiger partial charge is 0.355 e. The second-order valence-electron chi connectivity index (χ2n) is 4.92. The Labute approximate surface area is 113 Å². The second kappa shape index (κ2) is 5.30. The topological polar surface area (TPSA) is 89.3 Å². The molecule has 1 amide bonds. The highest BCUT2D eigenvalue weighted by molar-refractivity contribution is 7.89. The van der Waals surface area contributed by atoms with Crippen LogP contribution in [0.15, 0.2) is 30.3 Å². The summed E-state index contributed by atoms with van der Waals surface area (Å²) in [5.41, 5.74) is 0.627. The molecule has 0 aliphatic heterocycles. The second-order valence-corrected chi connectivity index (χ2v) is 6.66. The fraction of sp³-hybridized carbons (Fsp3) is 0.462. The van der Waals surface area contributed by atoms with Gasteiger partial charge in [-0.1, -0.05) is 30.3 Å². The average molecular weight is 282 g/mol. The van der Waals surface area contributed by atoms with Gasteiger partial charge < -0.3 is 5.32 Å². The van der Waals surface area contributed by atoms with Gasteiger partial charge in [0.15, 0.2) is 0 Å². The summed E-state index contributed by atoms with van der Waals surface area (Å²) in [5.74, 6) is -0.126. The van der Waals surface area contributed by atoms with Gasteiger partial charge in [-0.3, -0.25) is 4.79 Å². The lowest BCUT2D eigenvalue weighted by atomic mass is 9.95. The van der Waals surface area contributed by atoms with Gasteiger partial charge in [0.1, 0.15) is 0 Å². The summed E-state index contributed by atoms with van der Waals surface area (Å²) in [6.45, 7) is 0.337. The van der Waals surface area contributed by atoms with Crippen molar-refractivity contribution in [1.29, 1.82) is 0 Å². The number of nitrogens with two attached hydrogens (primary N) is 1. The van der Waals surface area contributed by atoms with E-state index in [1.54, 1.807) is 0 Å². The van der Waals surface area contributed by atoms with Gasteiger partial charge in [0.05, 0.1) is 11.2 Å². The van der Waals surface area contributed by atoms with Crippen LogP contribution in [0.5, 0.6) is 0 Å². The highest BCUT2D eigenvalue weighted by atomic mass is 32.2. The zero-order valence-corrected chi connectivity index (χ0v) is 11.4. The number of rotatable bonds is 6. The third kappa shape index (κ3) is 3.54. The highest BCUT2D eigenvalue weighted by Gasteiger charge is 2.50. The predicted molar refractivity (Wildman–Crippen MR) is 73.0 cm³/mol. The van der Waals surface area contributed by atoms with Crippen LogP contribution >= 0.6 is 0 Å². The minimum Gasteiger partial charge on any atom is -0.355 e. The molecule has 0 heterocycles. The Balaban J connectivity index is 1.87. The van der Waals surface area contributed by atoms with E-state index in [2.05, 4.69) is 5.32 Å². The van der Waals surface area contributed by atoms with Gasteiger partial charge in [0.2, 0.25) is 15.9 Å². The van der Waals surface area contributed by atoms with E-state index in [0.29, 0.717) is 13.0 Å². The van der Waals surface area contributed by atoms with Crippen LogP contribution in [0, 0.1) is 0 Å². The van der Waals surface area contributed by atoms with Crippen LogP contribution in [0.1, 0.15) is 24.8 Å². The van der Waals surface area contributed by atoms with Gasteiger partial charge in [0, 0.05) is 6.54 Å². The third-order valence-electron chi connectivity index (χ3n) is 3.40. The van der Waals surface area contributed by atoms with E-state index >= 15 is 0 Å². The molecule has 1 aromatic carbocycles. The first kappa shape index (κ1) is 14.0. The minimum atomic E-state index is -3.45. The Morgan fingerprint density at radius 3 is 2.42 bits per heavy atom. The van der Waals surface area contributed by atoms with E-state index in [1.165, 1.54) is 0 Å². The lowest BCUT2D eigenvalue weighted by molar-refractivity contribution is -0.123. The van der Waals surface area contributed by atoms with Crippen LogP contribution in [-0.4, -0.2) is 26.6 Å². The molecule has 0 unspecified atom stereocenters. The van der Waals surface area contributed by atoms with Crippen molar-refractivity contribution in [3.05, 3.63) is 35.9 Å². The first-order valence-electron chi connectivity index (χ1n) is 6.28. The van der Waals surface area contributed by atoms with Gasteiger partial charge in [-0.15, -0.1) is 0 Å². The van der Waals surface area contributed by atoms with Gasteiger partial charge in [-0.2, -0.15) is 0 Å². The molecule has 1 aromatic rings. The Kier molecular flexibility index (Phi) is 3.91. The maximum absolute atomic E-state index is 12.2. The quantitative estimate of drug-likeness (QED) is 0.745. The fourth-order valence-corrected chi connectivity index (χ4v) is 2.72. The monoisotopic (exact) mass is 282 g/mol. The summed E-state index contributed by atoms with van der Waals surface area (Å²) < 4.78 is 21.5. The van der Waals surface area contributed by atoms with Crippen molar-refractivity contribution in [2.24, 2.45) is 5.14 Å². The normalized spacial score (nSPS) is 16.9. The summed E-state index contributed by atoms with van der Waals surface area (Å²) in [4.78, 5) is 12.2. The number of hydrogen-bond donors (Lipinski definition) is 2. The molecular weight excluding hydrogens is 264 g/mol. The minimum absolute atomic E-state index is 0.0203. The average Bonchev–Trinajstić information content (AvgIpc) is 3.16. The van der Waals surface area contributed by atoms with E-state index in [4.69, 9.17) is 5.14 Å². The van der Waals surface area contributed by atoms with Crippen LogP contribution in [0.25, 0.3) is 0 Å². The number of sulfonamides is 1. The Morgan fingerprint density at radius 2 is 1.89 bits per heavy atom. The number of carbonyl (C=O) groups is 1. The molecule has 0 spiro atoms. The predicted octanol–water partition coefficient (Wildman–Crippen LogP) is 0.513. The first-order valence-corrected chi connectivity index (χ1v) is 8.00. The molecule has 1 saturated carbocycles. The molecule has 0 atom stereocenters. The van der Waals surface area contributed by atoms with Crippen LogP contribution in [0.3, 0.4) is 0 Å². The fourth-order valence-electron chi connectivity index (χ4n) is 2.17. The van der Waals surface area contributed by atoms with Crippen molar-refractivity contribution >= 4 is 15.9 Å². The number of primary sulfonamides is 1. The van der Waals surface area contributed by atoms with E-state index in [-0.39, 0.29) is 11.7 Å². The smallest absolute Gasteiger partial charge is 0.230 e. The third-order valence-corrected chi connectivity index (χ3v) is 4.26. The molecule has 0 saturated heterocycles. The van der Waals surface area contributed by atoms with Crippen molar-refractivity contribution in [3.8, 4) is 0 Å². The maximum Gasteiger partial charge on any atom is 0.230 e. The molecule has 1 fully saturated rings. The summed E-state index contributed by atoms with van der Waals surface area (Å²) in [5, 5.41) is 7.70. The number of carbonyl (C=O) groups excluding carboxylic acids is 1. The van der Waals surface area contributed by atoms with Crippen LogP contribution in [0.4, 0.5) is 0 Å². The molecule has 1 aliphatic rings. The Bertz CT molecular complexity index is 551. The van der Waals surface area contributed by atoms with Crippen molar-refractivity contribution < 1.29 is 13.2 Å². The number of benzene rings is 1. The molecule has 0 aromatic heterocycles. The van der Waals surface area contributed by atoms with Crippen molar-refractivity contribution in [2.45, 2.75) is 24.7 Å². The van der Waals surface area contributed by atoms with Gasteiger partial charge in [-0.25, -0.2) is 13.6 Å². The molecule has 2 rings (SSSR count). The summed E-state index contributed by atoms with van der Waals surface area (Å²) in [6.07, 6.45) is 2.03. The summed E-state index contributed by atoms with van der Waals surface area (Å²) in [7, 11) is -3.45. The first-order chi connectivity index (χ1) is 8.94. The van der Waals surface area contributed by atoms with Gasteiger partial charge in [0.25, 0.3) is 0 Å². The standard InChI is InChI=1S/C13H18N2O3S/c14-19(17,18)10-4-9-15-12(16)13(7-8-13)11-5-2-1-3-6-11/h1-3,5-6H,4,7-10H2,(H,15,16)(H2,14,17,18). The van der Waals surface area contributed by atoms with Crippen molar-refractivity contribution in [3.63, 3.8) is 0 Å². The molecule has 6 heteroatoms. The lowest BCUT2D eigenvalue weighted by Gasteiger charge is -2.15. The zero-order valence-electron chi connectivity index (χ0n) is 10.6. The van der Waals surface area contributed by atoms with Crippen molar-refractivity contribution in [2.75, 3.05) is 12.3 Å². The zero-order chi connectivity index (χ0) is 13.9. The van der Waals surface area contributed by atoms with Crippen molar-refractivity contribution in [1.82, 2.24) is 5.32 Å². The van der Waals surface area contributed by atoms with Crippen LogP contribution in [0.2, 0.25) is 0 Å². The van der Waals surface area contributed by atoms with Gasteiger partial charge in [-0.05, 0) is 24.8 Å². The molecule has 0 bridgehead atoms. The lowest BCUT2D eigenvalue weighted by Crippen LogP contribution is -2.36. The highest BCUT2D eigenvalue weighted by Crippen LogP contribution is 2.48.